The van der Waals surface area contributed by atoms with E-state index in [0.29, 0.717) is 43.3 Å². The van der Waals surface area contributed by atoms with Crippen molar-refractivity contribution in [2.45, 2.75) is 70.6 Å². The number of alkyl halides is 3. The van der Waals surface area contributed by atoms with Gasteiger partial charge in [0.15, 0.2) is 11.4 Å². The van der Waals surface area contributed by atoms with Crippen LogP contribution in [0.4, 0.5) is 18.0 Å². The molecule has 0 aromatic carbocycles. The molecule has 1 aliphatic heterocycles. The van der Waals surface area contributed by atoms with Gasteiger partial charge in [-0.2, -0.15) is 13.2 Å². The molecule has 206 valence electrons. The number of amides is 2. The van der Waals surface area contributed by atoms with Crippen LogP contribution in [-0.2, 0) is 0 Å². The summed E-state index contributed by atoms with van der Waals surface area (Å²) in [4.78, 5) is 23.8. The Bertz CT molecular complexity index is 1250. The largest absolute Gasteiger partial charge is 0.490 e. The number of rotatable bonds is 4. The predicted molar refractivity (Wildman–Crippen MR) is 137 cm³/mol. The zero-order valence-corrected chi connectivity index (χ0v) is 21.9. The number of pyridine rings is 2. The summed E-state index contributed by atoms with van der Waals surface area (Å²) in [5, 5.41) is 2.87. The first kappa shape index (κ1) is 27.5. The molecule has 1 N–H and O–H groups in total. The number of carbonyl (C=O) groups excluding carboxylic acids is 1. The minimum absolute atomic E-state index is 0.157. The van der Waals surface area contributed by atoms with Gasteiger partial charge < -0.3 is 24.1 Å². The number of hydrogen-bond acceptors (Lipinski definition) is 5. The van der Waals surface area contributed by atoms with Crippen LogP contribution in [0, 0.1) is 0 Å². The predicted octanol–water partition coefficient (Wildman–Crippen LogP) is 6.16. The Balaban J connectivity index is 1.72. The number of aromatic nitrogens is 3. The molecule has 4 bridgehead atoms. The maximum absolute atomic E-state index is 13.3. The normalized spacial score (nSPS) is 19.5. The Morgan fingerprint density at radius 3 is 2.76 bits per heavy atom. The molecule has 0 unspecified atom stereocenters. The van der Waals surface area contributed by atoms with E-state index >= 15 is 0 Å². The maximum atomic E-state index is 13.3. The SMILES string of the molecule is CCN1C(=O)N[C@@H](CCC(F)(F)F)CCCCCOc2cc(cn3ccnc23)-c2cc(cnc2OC)[C@H]1C. The van der Waals surface area contributed by atoms with E-state index in [1.165, 1.54) is 0 Å². The molecule has 8 nitrogen and oxygen atoms in total. The first-order valence-electron chi connectivity index (χ1n) is 13.0. The molecular formula is C27H34F3N5O3. The quantitative estimate of drug-likeness (QED) is 0.434. The van der Waals surface area contributed by atoms with Gasteiger partial charge in [0.2, 0.25) is 5.88 Å². The highest BCUT2D eigenvalue weighted by atomic mass is 19.4. The van der Waals surface area contributed by atoms with Crippen LogP contribution in [0.25, 0.3) is 16.8 Å². The number of fused-ring (bicyclic) bond motifs is 7. The topological polar surface area (TPSA) is 81.0 Å². The lowest BCUT2D eigenvalue weighted by molar-refractivity contribution is -0.136. The van der Waals surface area contributed by atoms with Crippen molar-refractivity contribution in [3.63, 3.8) is 0 Å². The van der Waals surface area contributed by atoms with Crippen molar-refractivity contribution in [1.82, 2.24) is 24.6 Å². The van der Waals surface area contributed by atoms with Crippen molar-refractivity contribution >= 4 is 11.7 Å². The summed E-state index contributed by atoms with van der Waals surface area (Å²) in [5.41, 5.74) is 2.98. The Labute approximate surface area is 220 Å². The number of urea groups is 1. The lowest BCUT2D eigenvalue weighted by atomic mass is 10.0. The first-order chi connectivity index (χ1) is 18.2. The van der Waals surface area contributed by atoms with Gasteiger partial charge >= 0.3 is 12.2 Å². The molecule has 3 aromatic heterocycles. The molecule has 0 aliphatic carbocycles. The highest BCUT2D eigenvalue weighted by Crippen LogP contribution is 2.35. The number of halogens is 3. The molecule has 0 saturated carbocycles. The number of nitrogens with one attached hydrogen (secondary N) is 1. The molecular weight excluding hydrogens is 499 g/mol. The van der Waals surface area contributed by atoms with Crippen LogP contribution in [0.15, 0.2) is 36.9 Å². The Kier molecular flexibility index (Phi) is 8.63. The van der Waals surface area contributed by atoms with E-state index in [-0.39, 0.29) is 18.5 Å². The van der Waals surface area contributed by atoms with Crippen LogP contribution in [0.3, 0.4) is 0 Å². The summed E-state index contributed by atoms with van der Waals surface area (Å²) in [6.45, 7) is 4.53. The molecule has 38 heavy (non-hydrogen) atoms. The van der Waals surface area contributed by atoms with Crippen LogP contribution in [0.5, 0.6) is 11.6 Å². The summed E-state index contributed by atoms with van der Waals surface area (Å²) in [7, 11) is 1.55. The molecule has 4 heterocycles. The fourth-order valence-electron chi connectivity index (χ4n) is 4.83. The number of ether oxygens (including phenoxy) is 2. The van der Waals surface area contributed by atoms with Crippen molar-refractivity contribution < 1.29 is 27.4 Å². The molecule has 2 atom stereocenters. The lowest BCUT2D eigenvalue weighted by Crippen LogP contribution is -2.46. The average Bonchev–Trinajstić information content (AvgIpc) is 3.37. The van der Waals surface area contributed by atoms with Crippen LogP contribution in [0.2, 0.25) is 0 Å². The van der Waals surface area contributed by atoms with E-state index in [4.69, 9.17) is 9.47 Å². The number of imidazole rings is 1. The molecule has 0 fully saturated rings. The Hall–Kier alpha value is -3.50. The van der Waals surface area contributed by atoms with E-state index in [1.54, 1.807) is 24.4 Å². The summed E-state index contributed by atoms with van der Waals surface area (Å²) >= 11 is 0. The molecule has 11 heteroatoms. The Morgan fingerprint density at radius 1 is 1.21 bits per heavy atom. The van der Waals surface area contributed by atoms with Crippen molar-refractivity contribution in [2.24, 2.45) is 0 Å². The van der Waals surface area contributed by atoms with E-state index in [2.05, 4.69) is 15.3 Å². The fourth-order valence-corrected chi connectivity index (χ4v) is 4.83. The van der Waals surface area contributed by atoms with Gasteiger partial charge in [0.1, 0.15) is 0 Å². The highest BCUT2D eigenvalue weighted by molar-refractivity contribution is 5.76. The number of methoxy groups -OCH3 is 1. The second kappa shape index (κ2) is 11.9. The molecule has 0 spiro atoms. The summed E-state index contributed by atoms with van der Waals surface area (Å²) in [5.74, 6) is 1.04. The molecule has 2 amide bonds. The van der Waals surface area contributed by atoms with Crippen LogP contribution in [0.1, 0.15) is 64.0 Å². The maximum Gasteiger partial charge on any atom is 0.389 e. The zero-order valence-electron chi connectivity index (χ0n) is 21.9. The van der Waals surface area contributed by atoms with Gasteiger partial charge in [0, 0.05) is 54.9 Å². The average molecular weight is 534 g/mol. The standard InChI is InChI=1S/C27H34F3N5O3/c1-4-35-18(2)19-14-22(25(37-3)32-16-19)20-15-23(24-31-11-12-34(24)17-20)38-13-7-5-6-8-21(33-26(35)36)9-10-27(28,29)30/h11-12,14-18,21H,4-10,13H2,1-3H3,(H,33,36)/t18-,21-/m1/s1. The molecule has 0 saturated heterocycles. The second-order valence-corrected chi connectivity index (χ2v) is 9.54. The van der Waals surface area contributed by atoms with Gasteiger partial charge in [-0.25, -0.2) is 14.8 Å². The fraction of sp³-hybridized carbons (Fsp3) is 0.519. The van der Waals surface area contributed by atoms with E-state index < -0.39 is 18.6 Å². The lowest BCUT2D eigenvalue weighted by Gasteiger charge is -2.31. The third-order valence-electron chi connectivity index (χ3n) is 6.94. The van der Waals surface area contributed by atoms with E-state index in [1.807, 2.05) is 42.8 Å². The highest BCUT2D eigenvalue weighted by Gasteiger charge is 2.30. The third-order valence-corrected chi connectivity index (χ3v) is 6.94. The molecule has 4 rings (SSSR count). The van der Waals surface area contributed by atoms with Crippen LogP contribution in [-0.4, -0.2) is 57.8 Å². The number of hydrogen-bond donors (Lipinski definition) is 1. The number of carbonyl (C=O) groups is 1. The van der Waals surface area contributed by atoms with Gasteiger partial charge in [-0.05, 0) is 57.2 Å². The van der Waals surface area contributed by atoms with Crippen molar-refractivity contribution in [3.05, 3.63) is 42.5 Å². The summed E-state index contributed by atoms with van der Waals surface area (Å²) in [6, 6.07) is 2.48. The van der Waals surface area contributed by atoms with Crippen molar-refractivity contribution in [3.8, 4) is 22.8 Å². The van der Waals surface area contributed by atoms with Gasteiger partial charge in [0.25, 0.3) is 0 Å². The second-order valence-electron chi connectivity index (χ2n) is 9.54. The summed E-state index contributed by atoms with van der Waals surface area (Å²) in [6.07, 6.45) is 4.36. The first-order valence-corrected chi connectivity index (χ1v) is 13.0. The molecule has 3 aromatic rings. The van der Waals surface area contributed by atoms with Crippen molar-refractivity contribution in [1.29, 1.82) is 0 Å². The van der Waals surface area contributed by atoms with Gasteiger partial charge in [-0.3, -0.25) is 0 Å². The van der Waals surface area contributed by atoms with Crippen molar-refractivity contribution in [2.75, 3.05) is 20.3 Å². The Morgan fingerprint density at radius 2 is 2.03 bits per heavy atom. The molecule has 1 aliphatic rings. The minimum atomic E-state index is -4.28. The van der Waals surface area contributed by atoms with Gasteiger partial charge in [-0.15, -0.1) is 0 Å². The van der Waals surface area contributed by atoms with Crippen LogP contribution >= 0.6 is 0 Å². The van der Waals surface area contributed by atoms with E-state index in [0.717, 1.165) is 29.5 Å². The zero-order chi connectivity index (χ0) is 27.3. The van der Waals surface area contributed by atoms with Gasteiger partial charge in [0.05, 0.1) is 19.8 Å². The van der Waals surface area contributed by atoms with Crippen LogP contribution < -0.4 is 14.8 Å². The number of nitrogens with zero attached hydrogens (tertiary/aromatic N) is 4. The summed E-state index contributed by atoms with van der Waals surface area (Å²) < 4.78 is 52.5. The van der Waals surface area contributed by atoms with E-state index in [9.17, 15) is 18.0 Å². The third kappa shape index (κ3) is 6.49. The minimum Gasteiger partial charge on any atom is -0.490 e. The monoisotopic (exact) mass is 533 g/mol. The smallest absolute Gasteiger partial charge is 0.389 e. The molecule has 0 radical (unpaired) electrons. The van der Waals surface area contributed by atoms with Gasteiger partial charge in [-0.1, -0.05) is 6.42 Å².